The molecule has 0 bridgehead atoms. The van der Waals surface area contributed by atoms with Crippen molar-refractivity contribution in [2.45, 2.75) is 65.3 Å². The Hall–Kier alpha value is -0.823. The maximum absolute atomic E-state index is 2.55. The molecule has 1 atom stereocenters. The Kier molecular flexibility index (Phi) is 6.57. The maximum atomic E-state index is 2.55. The molecule has 1 rings (SSSR count). The van der Waals surface area contributed by atoms with E-state index in [2.05, 4.69) is 71.0 Å². The fourth-order valence-corrected chi connectivity index (χ4v) is 7.03. The second kappa shape index (κ2) is 7.69. The summed E-state index contributed by atoms with van der Waals surface area (Å²) in [4.78, 5) is 0. The van der Waals surface area contributed by atoms with Crippen LogP contribution in [0.4, 0.5) is 0 Å². The molecule has 0 radical (unpaired) electrons. The number of unbranched alkanes of at least 4 members (excludes halogenated alkanes) is 1. The number of allylic oxidation sites excluding steroid dienone is 2. The summed E-state index contributed by atoms with van der Waals surface area (Å²) in [7, 11) is -1.08. The van der Waals surface area contributed by atoms with Crippen molar-refractivity contribution in [2.75, 3.05) is 0 Å². The first-order valence-corrected chi connectivity index (χ1v) is 9.47. The van der Waals surface area contributed by atoms with Crippen LogP contribution in [0.2, 0.25) is 5.04 Å². The Morgan fingerprint density at radius 3 is 2.16 bits per heavy atom. The zero-order chi connectivity index (χ0) is 14.3. The molecule has 0 aliphatic heterocycles. The third-order valence-corrected chi connectivity index (χ3v) is 7.65. The molecule has 0 nitrogen and oxygen atoms in total. The summed E-state index contributed by atoms with van der Waals surface area (Å²) in [6.07, 6.45) is 7.60. The second-order valence-electron chi connectivity index (χ2n) is 6.53. The fraction of sp³-hybridized carbons (Fsp3) is 0.556. The van der Waals surface area contributed by atoms with Gasteiger partial charge in [-0.05, 0) is 17.9 Å². The van der Waals surface area contributed by atoms with Crippen molar-refractivity contribution in [1.29, 1.82) is 0 Å². The highest BCUT2D eigenvalue weighted by atomic mass is 28.3. The van der Waals surface area contributed by atoms with Crippen LogP contribution in [0, 0.1) is 0 Å². The molecule has 1 aromatic carbocycles. The molecule has 0 heterocycles. The fourth-order valence-electron chi connectivity index (χ4n) is 2.90. The van der Waals surface area contributed by atoms with Crippen LogP contribution >= 0.6 is 0 Å². The van der Waals surface area contributed by atoms with Crippen LogP contribution in [0.25, 0.3) is 0 Å². The average Bonchev–Trinajstić information content (AvgIpc) is 2.36. The lowest BCUT2D eigenvalue weighted by Gasteiger charge is -2.32. The van der Waals surface area contributed by atoms with Crippen molar-refractivity contribution >= 4 is 14.0 Å². The van der Waals surface area contributed by atoms with Crippen molar-refractivity contribution in [3.63, 3.8) is 0 Å². The van der Waals surface area contributed by atoms with Gasteiger partial charge in [0.15, 0.2) is 0 Å². The van der Waals surface area contributed by atoms with E-state index in [4.69, 9.17) is 0 Å². The SMILES string of the molecule is CCC/C=C(\CCC)[SiH](c1ccccc1)C(C)(C)C. The molecule has 1 unspecified atom stereocenters. The molecule has 0 N–H and O–H groups in total. The topological polar surface area (TPSA) is 0 Å². The Morgan fingerprint density at radius 2 is 1.68 bits per heavy atom. The molecule has 1 aromatic rings. The molecule has 0 fully saturated rings. The highest BCUT2D eigenvalue weighted by Gasteiger charge is 2.30. The van der Waals surface area contributed by atoms with Crippen LogP contribution in [0.3, 0.4) is 0 Å². The van der Waals surface area contributed by atoms with Gasteiger partial charge in [0.25, 0.3) is 0 Å². The highest BCUT2D eigenvalue weighted by Crippen LogP contribution is 2.32. The van der Waals surface area contributed by atoms with Crippen LogP contribution in [-0.2, 0) is 0 Å². The van der Waals surface area contributed by atoms with E-state index in [-0.39, 0.29) is 0 Å². The van der Waals surface area contributed by atoms with E-state index in [9.17, 15) is 0 Å². The first-order valence-electron chi connectivity index (χ1n) is 7.74. The summed E-state index contributed by atoms with van der Waals surface area (Å²) in [6.45, 7) is 11.8. The van der Waals surface area contributed by atoms with Gasteiger partial charge < -0.3 is 0 Å². The molecule has 0 saturated heterocycles. The molecule has 0 aliphatic rings. The van der Waals surface area contributed by atoms with Crippen LogP contribution in [0.15, 0.2) is 41.6 Å². The Balaban J connectivity index is 3.15. The molecule has 0 saturated carbocycles. The van der Waals surface area contributed by atoms with Gasteiger partial charge in [-0.25, -0.2) is 0 Å². The lowest BCUT2D eigenvalue weighted by molar-refractivity contribution is 0.740. The summed E-state index contributed by atoms with van der Waals surface area (Å²) in [6, 6.07) is 11.2. The predicted molar refractivity (Wildman–Crippen MR) is 90.8 cm³/mol. The van der Waals surface area contributed by atoms with Gasteiger partial charge in [0.1, 0.15) is 8.80 Å². The van der Waals surface area contributed by atoms with Gasteiger partial charge in [0.05, 0.1) is 0 Å². The van der Waals surface area contributed by atoms with Crippen molar-refractivity contribution in [3.05, 3.63) is 41.6 Å². The lowest BCUT2D eigenvalue weighted by atomic mass is 10.2. The van der Waals surface area contributed by atoms with Gasteiger partial charge in [-0.2, -0.15) is 0 Å². The first kappa shape index (κ1) is 16.2. The van der Waals surface area contributed by atoms with Crippen LogP contribution in [0.5, 0.6) is 0 Å². The number of hydrogen-bond donors (Lipinski definition) is 0. The van der Waals surface area contributed by atoms with E-state index in [0.29, 0.717) is 5.04 Å². The molecule has 0 aliphatic carbocycles. The minimum absolute atomic E-state index is 0.413. The average molecular weight is 275 g/mol. The lowest BCUT2D eigenvalue weighted by Crippen LogP contribution is -2.40. The van der Waals surface area contributed by atoms with Crippen molar-refractivity contribution < 1.29 is 0 Å². The van der Waals surface area contributed by atoms with E-state index >= 15 is 0 Å². The third kappa shape index (κ3) is 4.98. The molecule has 19 heavy (non-hydrogen) atoms. The Labute approximate surface area is 121 Å². The monoisotopic (exact) mass is 274 g/mol. The maximum Gasteiger partial charge on any atom is 0.102 e. The summed E-state index contributed by atoms with van der Waals surface area (Å²) >= 11 is 0. The Morgan fingerprint density at radius 1 is 1.05 bits per heavy atom. The minimum atomic E-state index is -1.08. The van der Waals surface area contributed by atoms with Crippen molar-refractivity contribution in [2.24, 2.45) is 0 Å². The molecular weight excluding hydrogens is 244 g/mol. The van der Waals surface area contributed by atoms with Gasteiger partial charge in [-0.3, -0.25) is 0 Å². The molecule has 0 amide bonds. The van der Waals surface area contributed by atoms with E-state index in [1.54, 1.807) is 10.4 Å². The summed E-state index contributed by atoms with van der Waals surface area (Å²) in [5.41, 5.74) is 0. The molecule has 0 spiro atoms. The van der Waals surface area contributed by atoms with Gasteiger partial charge in [-0.15, -0.1) is 0 Å². The van der Waals surface area contributed by atoms with Crippen molar-refractivity contribution in [1.82, 2.24) is 0 Å². The Bertz CT molecular complexity index is 384. The van der Waals surface area contributed by atoms with Crippen LogP contribution < -0.4 is 5.19 Å². The number of benzene rings is 1. The van der Waals surface area contributed by atoms with Crippen LogP contribution in [0.1, 0.15) is 60.3 Å². The minimum Gasteiger partial charge on any atom is -0.0891 e. The highest BCUT2D eigenvalue weighted by molar-refractivity contribution is 6.82. The summed E-state index contributed by atoms with van der Waals surface area (Å²) in [5.74, 6) is 0. The van der Waals surface area contributed by atoms with E-state index in [0.717, 1.165) is 0 Å². The zero-order valence-corrected chi connectivity index (χ0v) is 14.5. The quantitative estimate of drug-likeness (QED) is 0.641. The predicted octanol–water partition coefficient (Wildman–Crippen LogP) is 4.99. The molecule has 0 aromatic heterocycles. The van der Waals surface area contributed by atoms with Gasteiger partial charge in [0, 0.05) is 0 Å². The first-order chi connectivity index (χ1) is 9.00. The standard InChI is InChI=1S/C18H30Si/c1-6-8-13-16(12-7-2)19(18(3,4)5)17-14-10-9-11-15-17/h9-11,13-15,19H,6-8,12H2,1-5H3/b16-13+. The number of hydrogen-bond acceptors (Lipinski definition) is 0. The normalized spacial score (nSPS) is 14.5. The number of rotatable bonds is 6. The van der Waals surface area contributed by atoms with Gasteiger partial charge in [0.2, 0.25) is 0 Å². The van der Waals surface area contributed by atoms with E-state index in [1.165, 1.54) is 25.7 Å². The van der Waals surface area contributed by atoms with Crippen LogP contribution in [-0.4, -0.2) is 8.80 Å². The third-order valence-electron chi connectivity index (χ3n) is 3.60. The molecule has 1 heteroatoms. The largest absolute Gasteiger partial charge is 0.102 e. The summed E-state index contributed by atoms with van der Waals surface area (Å²) < 4.78 is 0. The van der Waals surface area contributed by atoms with E-state index < -0.39 is 8.80 Å². The van der Waals surface area contributed by atoms with Crippen molar-refractivity contribution in [3.8, 4) is 0 Å². The zero-order valence-electron chi connectivity index (χ0n) is 13.4. The summed E-state index contributed by atoms with van der Waals surface area (Å²) in [5, 5.41) is 3.78. The van der Waals surface area contributed by atoms with Gasteiger partial charge >= 0.3 is 0 Å². The molecular formula is C18H30Si. The van der Waals surface area contributed by atoms with E-state index in [1.807, 2.05) is 0 Å². The smallest absolute Gasteiger partial charge is 0.0891 e. The van der Waals surface area contributed by atoms with Gasteiger partial charge in [-0.1, -0.05) is 94.3 Å². The molecule has 106 valence electrons. The second-order valence-corrected chi connectivity index (χ2v) is 10.5.